The molecule has 1 aromatic rings. The van der Waals surface area contributed by atoms with Crippen LogP contribution < -0.4 is 0 Å². The Bertz CT molecular complexity index is 528. The molecule has 0 unspecified atom stereocenters. The molecule has 5 nitrogen and oxygen atoms in total. The van der Waals surface area contributed by atoms with Crippen LogP contribution in [-0.2, 0) is 16.1 Å². The first-order valence-electron chi connectivity index (χ1n) is 7.02. The van der Waals surface area contributed by atoms with E-state index >= 15 is 0 Å². The Kier molecular flexibility index (Phi) is 5.33. The van der Waals surface area contributed by atoms with Gasteiger partial charge in [-0.15, -0.1) is 0 Å². The number of benzene rings is 1. The molecule has 1 aromatic carbocycles. The van der Waals surface area contributed by atoms with E-state index in [0.29, 0.717) is 25.9 Å². The van der Waals surface area contributed by atoms with Gasteiger partial charge in [-0.05, 0) is 18.4 Å². The van der Waals surface area contributed by atoms with Crippen molar-refractivity contribution >= 4 is 11.9 Å². The summed E-state index contributed by atoms with van der Waals surface area (Å²) in [4.78, 5) is 28.3. The monoisotopic (exact) mass is 286 g/mol. The molecule has 1 aliphatic heterocycles. The lowest BCUT2D eigenvalue weighted by atomic mass is 9.93. The number of rotatable bonds is 4. The maximum atomic E-state index is 11.9. The van der Waals surface area contributed by atoms with Crippen LogP contribution in [0.5, 0.6) is 0 Å². The average molecular weight is 286 g/mol. The van der Waals surface area contributed by atoms with E-state index in [1.165, 1.54) is 0 Å². The zero-order valence-corrected chi connectivity index (χ0v) is 11.8. The lowest BCUT2D eigenvalue weighted by Crippen LogP contribution is -2.40. The maximum absolute atomic E-state index is 11.9. The van der Waals surface area contributed by atoms with Gasteiger partial charge in [0.25, 0.3) is 6.54 Å². The molecule has 0 saturated carbocycles. The summed E-state index contributed by atoms with van der Waals surface area (Å²) >= 11 is 0. The van der Waals surface area contributed by atoms with E-state index in [-0.39, 0.29) is 30.9 Å². The van der Waals surface area contributed by atoms with Crippen LogP contribution >= 0.6 is 0 Å². The molecule has 5 heteroatoms. The summed E-state index contributed by atoms with van der Waals surface area (Å²) in [5.41, 5.74) is 0.952. The van der Waals surface area contributed by atoms with Gasteiger partial charge < -0.3 is 14.5 Å². The largest absolute Gasteiger partial charge is 0.445 e. The maximum Gasteiger partial charge on any atom is 0.410 e. The van der Waals surface area contributed by atoms with Crippen LogP contribution in [-0.4, -0.2) is 36.4 Å². The van der Waals surface area contributed by atoms with E-state index < -0.39 is 0 Å². The summed E-state index contributed by atoms with van der Waals surface area (Å²) in [5.74, 6) is -0.0976. The Hall–Kier alpha value is -2.35. The summed E-state index contributed by atoms with van der Waals surface area (Å²) in [5, 5.41) is 0. The highest BCUT2D eigenvalue weighted by Crippen LogP contribution is 2.19. The van der Waals surface area contributed by atoms with Gasteiger partial charge in [-0.25, -0.2) is 11.4 Å². The summed E-state index contributed by atoms with van der Waals surface area (Å²) in [6.07, 6.45) is 0.902. The summed E-state index contributed by atoms with van der Waals surface area (Å²) in [6.45, 7) is 7.96. The zero-order valence-electron chi connectivity index (χ0n) is 11.8. The number of ether oxygens (including phenoxy) is 1. The first-order chi connectivity index (χ1) is 10.2. The van der Waals surface area contributed by atoms with Crippen molar-refractivity contribution in [2.45, 2.75) is 19.4 Å². The predicted octanol–water partition coefficient (Wildman–Crippen LogP) is 2.52. The highest BCUT2D eigenvalue weighted by atomic mass is 16.6. The third kappa shape index (κ3) is 4.32. The lowest BCUT2D eigenvalue weighted by Gasteiger charge is -2.29. The van der Waals surface area contributed by atoms with Crippen molar-refractivity contribution < 1.29 is 14.3 Å². The van der Waals surface area contributed by atoms with Crippen LogP contribution in [0.25, 0.3) is 4.85 Å². The fourth-order valence-electron chi connectivity index (χ4n) is 2.40. The van der Waals surface area contributed by atoms with Crippen LogP contribution in [0.15, 0.2) is 30.3 Å². The fraction of sp³-hybridized carbons (Fsp3) is 0.438. The molecule has 1 saturated heterocycles. The second kappa shape index (κ2) is 7.44. The number of carbonyl (C=O) groups is 2. The van der Waals surface area contributed by atoms with Crippen LogP contribution in [0.2, 0.25) is 0 Å². The number of amides is 1. The Morgan fingerprint density at radius 2 is 1.90 bits per heavy atom. The van der Waals surface area contributed by atoms with E-state index in [1.54, 1.807) is 4.90 Å². The molecule has 0 aliphatic carbocycles. The minimum absolute atomic E-state index is 0.0118. The highest BCUT2D eigenvalue weighted by molar-refractivity contribution is 5.84. The Morgan fingerprint density at radius 1 is 1.24 bits per heavy atom. The van der Waals surface area contributed by atoms with Crippen molar-refractivity contribution in [3.05, 3.63) is 47.3 Å². The number of piperidine rings is 1. The van der Waals surface area contributed by atoms with E-state index in [9.17, 15) is 9.59 Å². The molecular formula is C16H18N2O3. The van der Waals surface area contributed by atoms with Gasteiger partial charge in [0.15, 0.2) is 0 Å². The second-order valence-electron chi connectivity index (χ2n) is 5.08. The molecule has 0 bridgehead atoms. The molecule has 0 radical (unpaired) electrons. The molecule has 0 N–H and O–H groups in total. The van der Waals surface area contributed by atoms with Gasteiger partial charge in [-0.3, -0.25) is 4.79 Å². The van der Waals surface area contributed by atoms with Gasteiger partial charge in [0, 0.05) is 19.0 Å². The van der Waals surface area contributed by atoms with E-state index in [4.69, 9.17) is 11.3 Å². The van der Waals surface area contributed by atoms with Crippen LogP contribution in [0.3, 0.4) is 0 Å². The lowest BCUT2D eigenvalue weighted by molar-refractivity contribution is -0.122. The van der Waals surface area contributed by atoms with Gasteiger partial charge in [0.05, 0.1) is 0 Å². The number of ketones is 1. The van der Waals surface area contributed by atoms with Crippen LogP contribution in [0, 0.1) is 12.5 Å². The van der Waals surface area contributed by atoms with Crippen molar-refractivity contribution in [3.63, 3.8) is 0 Å². The highest BCUT2D eigenvalue weighted by Gasteiger charge is 2.28. The molecule has 0 atom stereocenters. The average Bonchev–Trinajstić information content (AvgIpc) is 2.54. The Labute approximate surface area is 124 Å². The minimum Gasteiger partial charge on any atom is -0.445 e. The standard InChI is InChI=1S/C16H18N2O3/c1-17-11-15(19)14-7-9-18(10-8-14)16(20)21-12-13-5-3-2-4-6-13/h2-6,14H,7-12H2. The molecule has 1 aliphatic rings. The Morgan fingerprint density at radius 3 is 2.52 bits per heavy atom. The third-order valence-corrected chi connectivity index (χ3v) is 3.65. The quantitative estimate of drug-likeness (QED) is 0.799. The molecule has 1 fully saturated rings. The molecule has 0 spiro atoms. The fourth-order valence-corrected chi connectivity index (χ4v) is 2.40. The number of carbonyl (C=O) groups excluding carboxylic acids is 2. The minimum atomic E-state index is -0.338. The first-order valence-corrected chi connectivity index (χ1v) is 7.02. The van der Waals surface area contributed by atoms with Gasteiger partial charge in [-0.2, -0.15) is 0 Å². The topological polar surface area (TPSA) is 51.0 Å². The van der Waals surface area contributed by atoms with Gasteiger partial charge >= 0.3 is 6.09 Å². The Balaban J connectivity index is 1.76. The first kappa shape index (κ1) is 15.0. The number of hydrogen-bond acceptors (Lipinski definition) is 3. The SMILES string of the molecule is [C-]#[N+]CC(=O)C1CCN(C(=O)OCc2ccccc2)CC1. The number of hydrogen-bond donors (Lipinski definition) is 0. The van der Waals surface area contributed by atoms with E-state index in [1.807, 2.05) is 30.3 Å². The third-order valence-electron chi connectivity index (χ3n) is 3.65. The van der Waals surface area contributed by atoms with E-state index in [2.05, 4.69) is 4.85 Å². The molecule has 110 valence electrons. The zero-order chi connectivity index (χ0) is 15.1. The number of nitrogens with zero attached hydrogens (tertiary/aromatic N) is 2. The van der Waals surface area contributed by atoms with Gasteiger partial charge in [-0.1, -0.05) is 30.3 Å². The van der Waals surface area contributed by atoms with Gasteiger partial charge in [0.1, 0.15) is 6.61 Å². The van der Waals surface area contributed by atoms with Gasteiger partial charge in [0.2, 0.25) is 5.78 Å². The van der Waals surface area contributed by atoms with Crippen molar-refractivity contribution in [2.24, 2.45) is 5.92 Å². The smallest absolute Gasteiger partial charge is 0.410 e. The van der Waals surface area contributed by atoms with Crippen LogP contribution in [0.1, 0.15) is 18.4 Å². The molecule has 1 heterocycles. The number of likely N-dealkylation sites (tertiary alicyclic amines) is 1. The second-order valence-corrected chi connectivity index (χ2v) is 5.08. The molecular weight excluding hydrogens is 268 g/mol. The summed E-state index contributed by atoms with van der Waals surface area (Å²) in [7, 11) is 0. The van der Waals surface area contributed by atoms with Crippen molar-refractivity contribution in [2.75, 3.05) is 19.6 Å². The predicted molar refractivity (Wildman–Crippen MR) is 77.4 cm³/mol. The van der Waals surface area contributed by atoms with Crippen molar-refractivity contribution in [1.29, 1.82) is 0 Å². The molecule has 2 rings (SSSR count). The van der Waals surface area contributed by atoms with Crippen LogP contribution in [0.4, 0.5) is 4.79 Å². The molecule has 1 amide bonds. The normalized spacial score (nSPS) is 15.3. The molecule has 21 heavy (non-hydrogen) atoms. The van der Waals surface area contributed by atoms with Crippen molar-refractivity contribution in [3.8, 4) is 0 Å². The summed E-state index contributed by atoms with van der Waals surface area (Å²) < 4.78 is 5.26. The van der Waals surface area contributed by atoms with E-state index in [0.717, 1.165) is 5.56 Å². The molecule has 0 aromatic heterocycles. The summed E-state index contributed by atoms with van der Waals surface area (Å²) in [6, 6.07) is 9.52. The van der Waals surface area contributed by atoms with Crippen molar-refractivity contribution in [1.82, 2.24) is 4.90 Å². The number of Topliss-reactive ketones (excluding diaryl/α,β-unsaturated/α-hetero) is 1.